The molecule has 150 valence electrons. The number of rotatable bonds is 5. The van der Waals surface area contributed by atoms with Gasteiger partial charge in [-0.3, -0.25) is 4.79 Å². The van der Waals surface area contributed by atoms with Crippen molar-refractivity contribution in [2.45, 2.75) is 13.5 Å². The molecule has 0 aliphatic rings. The van der Waals surface area contributed by atoms with Crippen molar-refractivity contribution >= 4 is 21.8 Å². The van der Waals surface area contributed by atoms with Gasteiger partial charge in [0.05, 0.1) is 0 Å². The number of carbonyl (C=O) groups excluding carboxylic acids is 1. The lowest BCUT2D eigenvalue weighted by molar-refractivity contribution is 0.0785. The van der Waals surface area contributed by atoms with Crippen molar-refractivity contribution in [3.63, 3.8) is 0 Å². The summed E-state index contributed by atoms with van der Waals surface area (Å²) < 4.78 is 6.80. The van der Waals surface area contributed by atoms with E-state index < -0.39 is 0 Å². The molecule has 5 nitrogen and oxygen atoms in total. The molecule has 1 amide bonds. The predicted octanol–water partition coefficient (Wildman–Crippen LogP) is 5.75. The molecule has 4 rings (SSSR count). The first-order chi connectivity index (χ1) is 14.5. The van der Waals surface area contributed by atoms with Gasteiger partial charge in [-0.25, -0.2) is 0 Å². The van der Waals surface area contributed by atoms with Crippen LogP contribution in [0.3, 0.4) is 0 Å². The number of aryl methyl sites for hydroxylation is 1. The van der Waals surface area contributed by atoms with Crippen LogP contribution in [-0.4, -0.2) is 28.1 Å². The largest absolute Gasteiger partial charge is 0.416 e. The van der Waals surface area contributed by atoms with E-state index in [-0.39, 0.29) is 5.91 Å². The standard InChI is InChI=1S/C24H20BrN3O2/c1-16-7-9-17(10-8-16)22-26-27-23(30-22)18-11-13-19(14-12-18)24(29)28(2)15-20-5-3-4-6-21(20)25/h3-14H,15H2,1-2H3. The minimum Gasteiger partial charge on any atom is -0.416 e. The number of nitrogens with zero attached hydrogens (tertiary/aromatic N) is 3. The quantitative estimate of drug-likeness (QED) is 0.379. The predicted molar refractivity (Wildman–Crippen MR) is 120 cm³/mol. The molecular weight excluding hydrogens is 442 g/mol. The van der Waals surface area contributed by atoms with Crippen LogP contribution in [0, 0.1) is 6.92 Å². The Kier molecular flexibility index (Phi) is 5.77. The summed E-state index contributed by atoms with van der Waals surface area (Å²) in [6.45, 7) is 2.55. The fourth-order valence-electron chi connectivity index (χ4n) is 3.08. The van der Waals surface area contributed by atoms with Gasteiger partial charge in [-0.2, -0.15) is 0 Å². The molecule has 1 heterocycles. The summed E-state index contributed by atoms with van der Waals surface area (Å²) in [6.07, 6.45) is 0. The number of amides is 1. The third-order valence-corrected chi connectivity index (χ3v) is 5.59. The molecule has 0 fully saturated rings. The van der Waals surface area contributed by atoms with Gasteiger partial charge in [-0.15, -0.1) is 10.2 Å². The van der Waals surface area contributed by atoms with Gasteiger partial charge in [-0.05, 0) is 55.0 Å². The molecule has 0 unspecified atom stereocenters. The molecule has 0 spiro atoms. The normalized spacial score (nSPS) is 10.8. The van der Waals surface area contributed by atoms with E-state index in [1.807, 2.05) is 67.6 Å². The zero-order chi connectivity index (χ0) is 21.1. The number of halogens is 1. The molecule has 0 aliphatic heterocycles. The van der Waals surface area contributed by atoms with E-state index in [4.69, 9.17) is 4.42 Å². The molecule has 4 aromatic rings. The van der Waals surface area contributed by atoms with E-state index in [0.717, 1.165) is 21.2 Å². The smallest absolute Gasteiger partial charge is 0.253 e. The van der Waals surface area contributed by atoms with Crippen molar-refractivity contribution in [3.8, 4) is 22.9 Å². The van der Waals surface area contributed by atoms with Gasteiger partial charge in [0.2, 0.25) is 11.8 Å². The number of carbonyl (C=O) groups is 1. The monoisotopic (exact) mass is 461 g/mol. The second-order valence-electron chi connectivity index (χ2n) is 7.11. The van der Waals surface area contributed by atoms with E-state index in [0.29, 0.717) is 23.9 Å². The average Bonchev–Trinajstić information content (AvgIpc) is 3.26. The Labute approximate surface area is 183 Å². The summed E-state index contributed by atoms with van der Waals surface area (Å²) in [5.74, 6) is 0.840. The van der Waals surface area contributed by atoms with Crippen molar-refractivity contribution in [3.05, 3.63) is 94.0 Å². The molecule has 0 atom stereocenters. The lowest BCUT2D eigenvalue weighted by atomic mass is 10.1. The van der Waals surface area contributed by atoms with Crippen LogP contribution in [0.4, 0.5) is 0 Å². The number of hydrogen-bond acceptors (Lipinski definition) is 4. The summed E-state index contributed by atoms with van der Waals surface area (Å²) in [7, 11) is 1.79. The molecule has 0 bridgehead atoms. The van der Waals surface area contributed by atoms with E-state index in [9.17, 15) is 4.79 Å². The van der Waals surface area contributed by atoms with Crippen LogP contribution in [-0.2, 0) is 6.54 Å². The van der Waals surface area contributed by atoms with Crippen molar-refractivity contribution < 1.29 is 9.21 Å². The molecule has 0 radical (unpaired) electrons. The second kappa shape index (κ2) is 8.63. The highest BCUT2D eigenvalue weighted by Gasteiger charge is 2.15. The van der Waals surface area contributed by atoms with Gasteiger partial charge in [0.25, 0.3) is 5.91 Å². The summed E-state index contributed by atoms with van der Waals surface area (Å²) in [5, 5.41) is 8.28. The zero-order valence-electron chi connectivity index (χ0n) is 16.7. The van der Waals surface area contributed by atoms with Crippen LogP contribution >= 0.6 is 15.9 Å². The molecule has 0 saturated carbocycles. The van der Waals surface area contributed by atoms with Crippen molar-refractivity contribution in [2.24, 2.45) is 0 Å². The summed E-state index contributed by atoms with van der Waals surface area (Å²) in [5.41, 5.74) is 4.47. The van der Waals surface area contributed by atoms with Gasteiger partial charge in [0.15, 0.2) is 0 Å². The zero-order valence-corrected chi connectivity index (χ0v) is 18.3. The summed E-state index contributed by atoms with van der Waals surface area (Å²) >= 11 is 3.53. The SMILES string of the molecule is Cc1ccc(-c2nnc(-c3ccc(C(=O)N(C)Cc4ccccc4Br)cc3)o2)cc1. The lowest BCUT2D eigenvalue weighted by Crippen LogP contribution is -2.26. The van der Waals surface area contributed by atoms with Crippen LogP contribution in [0.15, 0.2) is 81.7 Å². The molecule has 30 heavy (non-hydrogen) atoms. The highest BCUT2D eigenvalue weighted by Crippen LogP contribution is 2.25. The van der Waals surface area contributed by atoms with Crippen LogP contribution in [0.5, 0.6) is 0 Å². The Morgan fingerprint density at radius 1 is 0.900 bits per heavy atom. The van der Waals surface area contributed by atoms with Gasteiger partial charge >= 0.3 is 0 Å². The topological polar surface area (TPSA) is 59.2 Å². The van der Waals surface area contributed by atoms with E-state index >= 15 is 0 Å². The highest BCUT2D eigenvalue weighted by molar-refractivity contribution is 9.10. The van der Waals surface area contributed by atoms with E-state index in [2.05, 4.69) is 26.1 Å². The number of benzene rings is 3. The fourth-order valence-corrected chi connectivity index (χ4v) is 3.49. The van der Waals surface area contributed by atoms with E-state index in [1.165, 1.54) is 5.56 Å². The van der Waals surface area contributed by atoms with Gasteiger partial charge in [-0.1, -0.05) is 51.8 Å². The highest BCUT2D eigenvalue weighted by atomic mass is 79.9. The van der Waals surface area contributed by atoms with Crippen molar-refractivity contribution in [2.75, 3.05) is 7.05 Å². The molecule has 0 aliphatic carbocycles. The van der Waals surface area contributed by atoms with Crippen LogP contribution in [0.25, 0.3) is 22.9 Å². The van der Waals surface area contributed by atoms with Crippen molar-refractivity contribution in [1.82, 2.24) is 15.1 Å². The molecule has 0 saturated heterocycles. The number of hydrogen-bond donors (Lipinski definition) is 0. The lowest BCUT2D eigenvalue weighted by Gasteiger charge is -2.18. The molecular formula is C24H20BrN3O2. The Morgan fingerprint density at radius 3 is 2.07 bits per heavy atom. The first-order valence-electron chi connectivity index (χ1n) is 9.51. The van der Waals surface area contributed by atoms with Gasteiger partial charge < -0.3 is 9.32 Å². The summed E-state index contributed by atoms with van der Waals surface area (Å²) in [6, 6.07) is 23.0. The second-order valence-corrected chi connectivity index (χ2v) is 7.96. The maximum atomic E-state index is 12.8. The average molecular weight is 462 g/mol. The number of aromatic nitrogens is 2. The minimum atomic E-state index is -0.0526. The first-order valence-corrected chi connectivity index (χ1v) is 10.3. The van der Waals surface area contributed by atoms with Crippen LogP contribution < -0.4 is 0 Å². The Balaban J connectivity index is 1.48. The Bertz CT molecular complexity index is 1170. The fraction of sp³-hybridized carbons (Fsp3) is 0.125. The molecule has 6 heteroatoms. The van der Waals surface area contributed by atoms with Gasteiger partial charge in [0.1, 0.15) is 0 Å². The molecule has 0 N–H and O–H groups in total. The molecule has 1 aromatic heterocycles. The maximum absolute atomic E-state index is 12.8. The van der Waals surface area contributed by atoms with E-state index in [1.54, 1.807) is 24.1 Å². The minimum absolute atomic E-state index is 0.0526. The maximum Gasteiger partial charge on any atom is 0.253 e. The third-order valence-electron chi connectivity index (χ3n) is 4.81. The summed E-state index contributed by atoms with van der Waals surface area (Å²) in [4.78, 5) is 14.5. The van der Waals surface area contributed by atoms with Gasteiger partial charge in [0, 0.05) is 34.8 Å². The third kappa shape index (κ3) is 4.33. The first kappa shape index (κ1) is 20.0. The van der Waals surface area contributed by atoms with Crippen LogP contribution in [0.2, 0.25) is 0 Å². The molecule has 3 aromatic carbocycles. The Morgan fingerprint density at radius 2 is 1.47 bits per heavy atom. The van der Waals surface area contributed by atoms with Crippen LogP contribution in [0.1, 0.15) is 21.5 Å². The Hall–Kier alpha value is -3.25. The van der Waals surface area contributed by atoms with Crippen molar-refractivity contribution in [1.29, 1.82) is 0 Å².